The number of ether oxygens (including phenoxy) is 1. The Morgan fingerprint density at radius 1 is 1.00 bits per heavy atom. The van der Waals surface area contributed by atoms with E-state index in [4.69, 9.17) is 9.99 Å². The Labute approximate surface area is 199 Å². The van der Waals surface area contributed by atoms with Crippen LogP contribution in [0.5, 0.6) is 11.5 Å². The molecule has 0 bridgehead atoms. The first-order chi connectivity index (χ1) is 17.0. The molecule has 0 aliphatic carbocycles. The van der Waals surface area contributed by atoms with Gasteiger partial charge >= 0.3 is 5.69 Å². The Balaban J connectivity index is 1.38. The van der Waals surface area contributed by atoms with E-state index in [0.29, 0.717) is 28.3 Å². The summed E-state index contributed by atoms with van der Waals surface area (Å²) in [4.78, 5) is 27.9. The number of nitrogens with zero attached hydrogens (tertiary/aromatic N) is 6. The zero-order valence-electron chi connectivity index (χ0n) is 18.8. The van der Waals surface area contributed by atoms with Gasteiger partial charge in [0.2, 0.25) is 0 Å². The van der Waals surface area contributed by atoms with E-state index in [0.717, 1.165) is 22.7 Å². The second-order valence-corrected chi connectivity index (χ2v) is 7.73. The zero-order valence-corrected chi connectivity index (χ0v) is 18.8. The van der Waals surface area contributed by atoms with Crippen LogP contribution in [0.4, 0.5) is 17.2 Å². The summed E-state index contributed by atoms with van der Waals surface area (Å²) in [6.45, 7) is 3.88. The monoisotopic (exact) mass is 470 g/mol. The molecule has 5 rings (SSSR count). The molecule has 3 heterocycles. The van der Waals surface area contributed by atoms with Crippen molar-refractivity contribution >= 4 is 28.2 Å². The molecule has 0 saturated carbocycles. The minimum atomic E-state index is -0.00710. The molecule has 0 radical (unpaired) electrons. The first-order valence-corrected chi connectivity index (χ1v) is 10.6. The van der Waals surface area contributed by atoms with Gasteiger partial charge in [-0.25, -0.2) is 14.6 Å². The first kappa shape index (κ1) is 21.9. The maximum atomic E-state index is 11.4. The average Bonchev–Trinajstić information content (AvgIpc) is 3.32. The largest absolute Gasteiger partial charge is 0.455 e. The third kappa shape index (κ3) is 4.61. The number of aromatic nitrogens is 5. The van der Waals surface area contributed by atoms with Gasteiger partial charge in [0.15, 0.2) is 11.3 Å². The summed E-state index contributed by atoms with van der Waals surface area (Å²) in [5.74, 6) is 1.94. The van der Waals surface area contributed by atoms with Crippen LogP contribution < -0.4 is 10.1 Å². The van der Waals surface area contributed by atoms with Crippen molar-refractivity contribution in [2.45, 2.75) is 13.8 Å². The van der Waals surface area contributed by atoms with E-state index in [2.05, 4.69) is 30.4 Å². The number of nitrogens with one attached hydrogen (secondary N) is 1. The van der Waals surface area contributed by atoms with Crippen LogP contribution in [-0.2, 0) is 4.99 Å². The highest BCUT2D eigenvalue weighted by Gasteiger charge is 2.16. The molecule has 0 aliphatic rings. The van der Waals surface area contributed by atoms with Gasteiger partial charge in [0.1, 0.15) is 23.3 Å². The number of hydrogen-bond acceptors (Lipinski definition) is 9. The van der Waals surface area contributed by atoms with Crippen molar-refractivity contribution in [2.24, 2.45) is 0 Å². The van der Waals surface area contributed by atoms with E-state index in [1.165, 1.54) is 18.5 Å². The number of benzene rings is 2. The number of hydrogen-bond donors (Lipinski definition) is 2. The molecule has 0 fully saturated rings. The van der Waals surface area contributed by atoms with Crippen LogP contribution in [0, 0.1) is 18.8 Å². The maximum absolute atomic E-state index is 11.4. The lowest BCUT2D eigenvalue weighted by Gasteiger charge is -2.11. The number of rotatable bonds is 7. The first-order valence-electron chi connectivity index (χ1n) is 10.6. The van der Waals surface area contributed by atoms with Crippen molar-refractivity contribution in [3.8, 4) is 17.2 Å². The summed E-state index contributed by atoms with van der Waals surface area (Å²) in [7, 11) is 0. The second-order valence-electron chi connectivity index (χ2n) is 7.73. The topological polar surface area (TPSA) is 127 Å². The molecule has 174 valence electrons. The molecule has 2 aromatic carbocycles. The summed E-state index contributed by atoms with van der Waals surface area (Å²) in [5.41, 5.74) is 4.71. The highest BCUT2D eigenvalue weighted by atomic mass is 17.2. The van der Waals surface area contributed by atoms with Crippen molar-refractivity contribution in [3.05, 3.63) is 89.5 Å². The van der Waals surface area contributed by atoms with Gasteiger partial charge in [-0.1, -0.05) is 0 Å². The van der Waals surface area contributed by atoms with Gasteiger partial charge in [-0.15, -0.1) is 5.26 Å². The maximum Gasteiger partial charge on any atom is 0.320 e. The summed E-state index contributed by atoms with van der Waals surface area (Å²) >= 11 is 0. The molecule has 35 heavy (non-hydrogen) atoms. The van der Waals surface area contributed by atoms with E-state index >= 15 is 0 Å². The molecular weight excluding hydrogens is 450 g/mol. The minimum Gasteiger partial charge on any atom is -0.455 e. The van der Waals surface area contributed by atoms with Gasteiger partial charge in [-0.3, -0.25) is 4.98 Å². The molecule has 2 N–H and O–H groups in total. The van der Waals surface area contributed by atoms with Crippen molar-refractivity contribution in [1.29, 1.82) is 0 Å². The lowest BCUT2D eigenvalue weighted by Crippen LogP contribution is -2.00. The number of aryl methyl sites for hydroxylation is 2. The molecule has 11 heteroatoms. The molecule has 0 atom stereocenters. The Morgan fingerprint density at radius 3 is 2.54 bits per heavy atom. The number of fused-ring (bicyclic) bond motifs is 1. The number of pyridine rings is 1. The predicted molar refractivity (Wildman–Crippen MR) is 127 cm³/mol. The van der Waals surface area contributed by atoms with Crippen LogP contribution in [0.1, 0.15) is 11.3 Å². The smallest absolute Gasteiger partial charge is 0.320 e. The molecule has 0 unspecified atom stereocenters. The van der Waals surface area contributed by atoms with Crippen LogP contribution in [0.2, 0.25) is 0 Å². The SMILES string of the molecule is Cc1ccc(Oc2ccc(Nc3ncnc4cn(-c5ccc([N+](=O)OO)cc5)nc34)cc2C)cn1. The minimum absolute atomic E-state index is 0.00710. The third-order valence-corrected chi connectivity index (χ3v) is 5.25. The standard InChI is InChI=1S/C24H19N7O4/c1-15-11-17(4-10-22(15)34-20-9-3-16(2)25-12-20)28-24-23-21(26-14-27-24)13-30(29-23)18-5-7-19(8-6-18)31(32)35-33/h3-14H,1-2H3,(H-,26,27,28,33)/p+1. The lowest BCUT2D eigenvalue weighted by atomic mass is 10.2. The molecule has 0 aliphatic heterocycles. The summed E-state index contributed by atoms with van der Waals surface area (Å²) in [5, 5.41) is 16.4. The van der Waals surface area contributed by atoms with E-state index in [1.807, 2.05) is 44.2 Å². The summed E-state index contributed by atoms with van der Waals surface area (Å²) < 4.78 is 7.57. The summed E-state index contributed by atoms with van der Waals surface area (Å²) in [6, 6.07) is 15.8. The second kappa shape index (κ2) is 9.15. The number of anilines is 2. The van der Waals surface area contributed by atoms with E-state index in [-0.39, 0.29) is 10.6 Å². The van der Waals surface area contributed by atoms with E-state index in [1.54, 1.807) is 29.2 Å². The molecule has 0 spiro atoms. The zero-order chi connectivity index (χ0) is 24.4. The fourth-order valence-corrected chi connectivity index (χ4v) is 3.46. The molecule has 0 amide bonds. The van der Waals surface area contributed by atoms with Gasteiger partial charge in [-0.2, -0.15) is 5.10 Å². The Bertz CT molecular complexity index is 1520. The van der Waals surface area contributed by atoms with Gasteiger partial charge in [0.05, 0.1) is 23.0 Å². The van der Waals surface area contributed by atoms with Crippen LogP contribution in [0.15, 0.2) is 73.3 Å². The normalized spacial score (nSPS) is 10.8. The average molecular weight is 470 g/mol. The quantitative estimate of drug-likeness (QED) is 0.244. The van der Waals surface area contributed by atoms with Crippen molar-refractivity contribution in [2.75, 3.05) is 5.32 Å². The van der Waals surface area contributed by atoms with E-state index < -0.39 is 0 Å². The Morgan fingerprint density at radius 2 is 1.83 bits per heavy atom. The van der Waals surface area contributed by atoms with E-state index in [9.17, 15) is 4.91 Å². The van der Waals surface area contributed by atoms with Crippen molar-refractivity contribution in [3.63, 3.8) is 0 Å². The fourth-order valence-electron chi connectivity index (χ4n) is 3.46. The molecular formula is C24H20N7O4+. The summed E-state index contributed by atoms with van der Waals surface area (Å²) in [6.07, 6.45) is 4.91. The third-order valence-electron chi connectivity index (χ3n) is 5.25. The van der Waals surface area contributed by atoms with Crippen molar-refractivity contribution < 1.29 is 19.9 Å². The highest BCUT2D eigenvalue weighted by molar-refractivity contribution is 5.87. The lowest BCUT2D eigenvalue weighted by molar-refractivity contribution is -0.835. The Kier molecular flexibility index (Phi) is 5.73. The Hall–Kier alpha value is -4.90. The molecule has 0 saturated heterocycles. The van der Waals surface area contributed by atoms with Gasteiger partial charge in [0, 0.05) is 23.5 Å². The van der Waals surface area contributed by atoms with Crippen LogP contribution >= 0.6 is 0 Å². The van der Waals surface area contributed by atoms with Gasteiger partial charge < -0.3 is 10.1 Å². The van der Waals surface area contributed by atoms with Gasteiger partial charge in [0.25, 0.3) is 4.92 Å². The van der Waals surface area contributed by atoms with Crippen LogP contribution in [0.25, 0.3) is 16.7 Å². The van der Waals surface area contributed by atoms with Crippen molar-refractivity contribution in [1.82, 2.24) is 24.7 Å². The molecule has 11 nitrogen and oxygen atoms in total. The molecule has 3 aromatic heterocycles. The van der Waals surface area contributed by atoms with Crippen LogP contribution in [-0.4, -0.2) is 34.9 Å². The molecule has 5 aromatic rings. The van der Waals surface area contributed by atoms with Crippen LogP contribution in [0.3, 0.4) is 0 Å². The fraction of sp³-hybridized carbons (Fsp3) is 0.0833. The van der Waals surface area contributed by atoms with Gasteiger partial charge in [-0.05, 0) is 66.9 Å². The highest BCUT2D eigenvalue weighted by Crippen LogP contribution is 2.29. The predicted octanol–water partition coefficient (Wildman–Crippen LogP) is 5.18.